The number of benzene rings is 3. The lowest BCUT2D eigenvalue weighted by Crippen LogP contribution is -2.14. The molecule has 0 aliphatic carbocycles. The van der Waals surface area contributed by atoms with Gasteiger partial charge in [-0.25, -0.2) is 4.79 Å². The number of fused-ring (bicyclic) bond motifs is 1. The molecule has 1 unspecified atom stereocenters. The van der Waals surface area contributed by atoms with Crippen molar-refractivity contribution in [1.82, 2.24) is 0 Å². The molecule has 0 saturated carbocycles. The molecule has 0 fully saturated rings. The van der Waals surface area contributed by atoms with Crippen molar-refractivity contribution in [3.63, 3.8) is 0 Å². The van der Waals surface area contributed by atoms with Crippen LogP contribution in [0.2, 0.25) is 0 Å². The van der Waals surface area contributed by atoms with Crippen molar-refractivity contribution < 1.29 is 19.2 Å². The highest BCUT2D eigenvalue weighted by atomic mass is 16.7. The van der Waals surface area contributed by atoms with Crippen LogP contribution in [0.25, 0.3) is 10.8 Å². The zero-order chi connectivity index (χ0) is 19.4. The molecule has 0 radical (unpaired) electrons. The lowest BCUT2D eigenvalue weighted by molar-refractivity contribution is -0.384. The van der Waals surface area contributed by atoms with Crippen LogP contribution in [-0.2, 0) is 9.47 Å². The third-order valence-corrected chi connectivity index (χ3v) is 3.98. The van der Waals surface area contributed by atoms with E-state index in [0.29, 0.717) is 5.56 Å². The van der Waals surface area contributed by atoms with E-state index in [4.69, 9.17) is 9.47 Å². The molecule has 0 aliphatic rings. The van der Waals surface area contributed by atoms with Gasteiger partial charge >= 0.3 is 6.16 Å². The van der Waals surface area contributed by atoms with Crippen molar-refractivity contribution in [2.45, 2.75) is 13.0 Å². The third kappa shape index (κ3) is 4.12. The van der Waals surface area contributed by atoms with Crippen molar-refractivity contribution >= 4 is 22.6 Å². The van der Waals surface area contributed by atoms with Crippen LogP contribution in [0, 0.1) is 10.1 Å². The number of nitrogens with zero attached hydrogens (tertiary/aromatic N) is 1. The summed E-state index contributed by atoms with van der Waals surface area (Å²) in [6.07, 6.45) is -1.68. The lowest BCUT2D eigenvalue weighted by Gasteiger charge is -2.20. The molecular formula is C21H17NO5. The second kappa shape index (κ2) is 7.70. The molecule has 0 spiro atoms. The molecule has 6 heteroatoms. The highest BCUT2D eigenvalue weighted by Gasteiger charge is 2.23. The standard InChI is InChI=1S/C21H17NO5/c1-14(2)26-21(23)27-20(16-10-12-17(13-11-16)22(24)25)19-9-5-7-15-6-3-4-8-18(15)19/h3-13,20H,1H2,2H3. The van der Waals surface area contributed by atoms with Gasteiger partial charge in [0.2, 0.25) is 0 Å². The first-order valence-electron chi connectivity index (χ1n) is 8.21. The van der Waals surface area contributed by atoms with Crippen LogP contribution in [-0.4, -0.2) is 11.1 Å². The quantitative estimate of drug-likeness (QED) is 0.258. The number of non-ortho nitro benzene ring substituents is 1. The number of hydrogen-bond donors (Lipinski definition) is 0. The van der Waals surface area contributed by atoms with Crippen LogP contribution in [0.1, 0.15) is 24.2 Å². The van der Waals surface area contributed by atoms with E-state index >= 15 is 0 Å². The average Bonchev–Trinajstić information content (AvgIpc) is 2.65. The lowest BCUT2D eigenvalue weighted by atomic mass is 9.95. The molecule has 1 atom stereocenters. The van der Waals surface area contributed by atoms with Gasteiger partial charge in [0.05, 0.1) is 4.92 Å². The molecule has 3 aromatic rings. The number of rotatable bonds is 5. The van der Waals surface area contributed by atoms with Gasteiger partial charge in [0.1, 0.15) is 5.76 Å². The fraction of sp³-hybridized carbons (Fsp3) is 0.0952. The van der Waals surface area contributed by atoms with Gasteiger partial charge in [-0.15, -0.1) is 0 Å². The summed E-state index contributed by atoms with van der Waals surface area (Å²) in [7, 11) is 0. The summed E-state index contributed by atoms with van der Waals surface area (Å²) in [5, 5.41) is 12.8. The summed E-state index contributed by atoms with van der Waals surface area (Å²) in [6.45, 7) is 5.07. The van der Waals surface area contributed by atoms with E-state index in [2.05, 4.69) is 6.58 Å². The van der Waals surface area contributed by atoms with Crippen LogP contribution >= 0.6 is 0 Å². The van der Waals surface area contributed by atoms with E-state index in [1.54, 1.807) is 19.1 Å². The van der Waals surface area contributed by atoms with Crippen molar-refractivity contribution in [3.8, 4) is 0 Å². The number of carbonyl (C=O) groups excluding carboxylic acids is 1. The molecule has 0 aliphatic heterocycles. The predicted octanol–water partition coefficient (Wildman–Crippen LogP) is 5.52. The highest BCUT2D eigenvalue weighted by Crippen LogP contribution is 2.33. The molecule has 136 valence electrons. The molecule has 0 bridgehead atoms. The molecule has 3 aromatic carbocycles. The Morgan fingerprint density at radius 1 is 1.04 bits per heavy atom. The predicted molar refractivity (Wildman–Crippen MR) is 101 cm³/mol. The maximum Gasteiger partial charge on any atom is 0.514 e. The topological polar surface area (TPSA) is 78.7 Å². The van der Waals surface area contributed by atoms with Gasteiger partial charge in [-0.1, -0.05) is 49.0 Å². The smallest absolute Gasteiger partial charge is 0.421 e. The molecule has 0 heterocycles. The van der Waals surface area contributed by atoms with Crippen LogP contribution < -0.4 is 0 Å². The minimum atomic E-state index is -0.890. The van der Waals surface area contributed by atoms with Crippen molar-refractivity contribution in [1.29, 1.82) is 0 Å². The van der Waals surface area contributed by atoms with Crippen LogP contribution in [0.3, 0.4) is 0 Å². The SMILES string of the molecule is C=C(C)OC(=O)OC(c1ccc([N+](=O)[O-])cc1)c1cccc2ccccc12. The van der Waals surface area contributed by atoms with Crippen LogP contribution in [0.4, 0.5) is 10.5 Å². The number of nitro benzene ring substituents is 1. The Balaban J connectivity index is 2.07. The fourth-order valence-corrected chi connectivity index (χ4v) is 2.82. The monoisotopic (exact) mass is 363 g/mol. The Labute approximate surface area is 155 Å². The van der Waals surface area contributed by atoms with Gasteiger partial charge in [0.25, 0.3) is 5.69 Å². The van der Waals surface area contributed by atoms with E-state index < -0.39 is 17.2 Å². The maximum absolute atomic E-state index is 12.1. The summed E-state index contributed by atoms with van der Waals surface area (Å²) < 4.78 is 10.5. The van der Waals surface area contributed by atoms with Gasteiger partial charge in [-0.2, -0.15) is 0 Å². The Hall–Kier alpha value is -3.67. The number of allylic oxidation sites excluding steroid dienone is 1. The van der Waals surface area contributed by atoms with Gasteiger partial charge in [-0.05, 0) is 35.4 Å². The second-order valence-electron chi connectivity index (χ2n) is 5.97. The first-order chi connectivity index (χ1) is 13.0. The summed E-state index contributed by atoms with van der Waals surface area (Å²) in [6, 6.07) is 19.3. The maximum atomic E-state index is 12.1. The average molecular weight is 363 g/mol. The van der Waals surface area contributed by atoms with Gasteiger partial charge in [0.15, 0.2) is 6.10 Å². The number of nitro groups is 1. The zero-order valence-electron chi connectivity index (χ0n) is 14.6. The summed E-state index contributed by atoms with van der Waals surface area (Å²) in [5.74, 6) is 0.209. The molecule has 3 rings (SSSR count). The van der Waals surface area contributed by atoms with Gasteiger partial charge in [0, 0.05) is 17.7 Å². The summed E-state index contributed by atoms with van der Waals surface area (Å²) in [5.41, 5.74) is 1.30. The zero-order valence-corrected chi connectivity index (χ0v) is 14.6. The first kappa shape index (κ1) is 18.1. The van der Waals surface area contributed by atoms with Crippen LogP contribution in [0.15, 0.2) is 79.1 Å². The van der Waals surface area contributed by atoms with E-state index in [-0.39, 0.29) is 11.4 Å². The minimum Gasteiger partial charge on any atom is -0.421 e. The van der Waals surface area contributed by atoms with E-state index in [1.807, 2.05) is 42.5 Å². The van der Waals surface area contributed by atoms with E-state index in [0.717, 1.165) is 16.3 Å². The Bertz CT molecular complexity index is 1010. The van der Waals surface area contributed by atoms with Gasteiger partial charge < -0.3 is 9.47 Å². The van der Waals surface area contributed by atoms with Gasteiger partial charge in [-0.3, -0.25) is 10.1 Å². The molecule has 6 nitrogen and oxygen atoms in total. The molecular weight excluding hydrogens is 346 g/mol. The second-order valence-corrected chi connectivity index (χ2v) is 5.97. The van der Waals surface area contributed by atoms with Crippen molar-refractivity contribution in [3.05, 3.63) is 100 Å². The van der Waals surface area contributed by atoms with Crippen molar-refractivity contribution in [2.24, 2.45) is 0 Å². The Morgan fingerprint density at radius 2 is 1.70 bits per heavy atom. The number of carbonyl (C=O) groups is 1. The molecule has 0 aromatic heterocycles. The van der Waals surface area contributed by atoms with E-state index in [1.165, 1.54) is 12.1 Å². The summed E-state index contributed by atoms with van der Waals surface area (Å²) >= 11 is 0. The molecule has 0 saturated heterocycles. The summed E-state index contributed by atoms with van der Waals surface area (Å²) in [4.78, 5) is 22.5. The normalized spacial score (nSPS) is 11.6. The molecule has 0 N–H and O–H groups in total. The highest BCUT2D eigenvalue weighted by molar-refractivity contribution is 5.86. The molecule has 0 amide bonds. The first-order valence-corrected chi connectivity index (χ1v) is 8.21. The van der Waals surface area contributed by atoms with Crippen LogP contribution in [0.5, 0.6) is 0 Å². The third-order valence-electron chi connectivity index (χ3n) is 3.98. The minimum absolute atomic E-state index is 0.0417. The Kier molecular flexibility index (Phi) is 5.17. The number of ether oxygens (including phenoxy) is 2. The molecule has 27 heavy (non-hydrogen) atoms. The largest absolute Gasteiger partial charge is 0.514 e. The Morgan fingerprint density at radius 3 is 2.37 bits per heavy atom. The van der Waals surface area contributed by atoms with Crippen molar-refractivity contribution in [2.75, 3.05) is 0 Å². The van der Waals surface area contributed by atoms with E-state index in [9.17, 15) is 14.9 Å². The number of hydrogen-bond acceptors (Lipinski definition) is 5. The fourth-order valence-electron chi connectivity index (χ4n) is 2.82.